The monoisotopic (exact) mass is 248 g/mol. The Morgan fingerprint density at radius 2 is 2.12 bits per heavy atom. The van der Waals surface area contributed by atoms with Gasteiger partial charge < -0.3 is 0 Å². The van der Waals surface area contributed by atoms with E-state index in [1.165, 1.54) is 11.1 Å². The van der Waals surface area contributed by atoms with Crippen LogP contribution in [0.15, 0.2) is 24.3 Å². The van der Waals surface area contributed by atoms with Crippen LogP contribution < -0.4 is 0 Å². The molecule has 0 saturated heterocycles. The summed E-state index contributed by atoms with van der Waals surface area (Å²) in [7, 11) is 0. The third-order valence-electron chi connectivity index (χ3n) is 2.92. The minimum absolute atomic E-state index is 0.439. The van der Waals surface area contributed by atoms with Gasteiger partial charge in [-0.25, -0.2) is 0 Å². The van der Waals surface area contributed by atoms with E-state index in [1.807, 2.05) is 18.2 Å². The van der Waals surface area contributed by atoms with E-state index in [9.17, 15) is 0 Å². The number of hydrogen-bond donors (Lipinski definition) is 1. The first-order valence-electron chi connectivity index (χ1n) is 5.86. The van der Waals surface area contributed by atoms with Gasteiger partial charge in [0.25, 0.3) is 0 Å². The highest BCUT2D eigenvalue weighted by Crippen LogP contribution is 2.23. The van der Waals surface area contributed by atoms with E-state index < -0.39 is 0 Å². The Labute approximate surface area is 107 Å². The topological polar surface area (TPSA) is 28.7 Å². The minimum Gasteiger partial charge on any atom is -0.282 e. The van der Waals surface area contributed by atoms with Gasteiger partial charge in [-0.1, -0.05) is 37.6 Å². The van der Waals surface area contributed by atoms with Crippen molar-refractivity contribution in [1.29, 1.82) is 0 Å². The summed E-state index contributed by atoms with van der Waals surface area (Å²) in [5.74, 6) is 0.439. The molecule has 3 heteroatoms. The van der Waals surface area contributed by atoms with Crippen molar-refractivity contribution < 1.29 is 0 Å². The Morgan fingerprint density at radius 1 is 1.35 bits per heavy atom. The maximum Gasteiger partial charge on any atom is 0.0685 e. The lowest BCUT2D eigenvalue weighted by atomic mass is 9.98. The first-order chi connectivity index (χ1) is 8.08. The second-order valence-corrected chi connectivity index (χ2v) is 5.11. The van der Waals surface area contributed by atoms with Gasteiger partial charge in [0.1, 0.15) is 0 Å². The number of halogens is 1. The fourth-order valence-corrected chi connectivity index (χ4v) is 2.24. The van der Waals surface area contributed by atoms with Crippen LogP contribution in [-0.2, 0) is 6.42 Å². The average Bonchev–Trinajstić information content (AvgIpc) is 2.61. The molecule has 0 aliphatic carbocycles. The van der Waals surface area contributed by atoms with Gasteiger partial charge in [0.15, 0.2) is 0 Å². The van der Waals surface area contributed by atoms with Gasteiger partial charge in [-0.15, -0.1) is 0 Å². The largest absolute Gasteiger partial charge is 0.282 e. The van der Waals surface area contributed by atoms with Crippen LogP contribution in [0.3, 0.4) is 0 Å². The van der Waals surface area contributed by atoms with E-state index in [0.717, 1.165) is 22.8 Å². The van der Waals surface area contributed by atoms with Crippen molar-refractivity contribution in [3.63, 3.8) is 0 Å². The molecule has 0 aliphatic heterocycles. The summed E-state index contributed by atoms with van der Waals surface area (Å²) >= 11 is 6.00. The van der Waals surface area contributed by atoms with E-state index in [2.05, 4.69) is 37.0 Å². The lowest BCUT2D eigenvalue weighted by Gasteiger charge is -2.07. The van der Waals surface area contributed by atoms with Crippen LogP contribution in [0, 0.1) is 6.92 Å². The number of hydrogen-bond acceptors (Lipinski definition) is 1. The van der Waals surface area contributed by atoms with E-state index in [0.29, 0.717) is 5.92 Å². The van der Waals surface area contributed by atoms with Crippen LogP contribution in [0.2, 0.25) is 5.02 Å². The molecule has 2 aromatic rings. The zero-order chi connectivity index (χ0) is 12.4. The Balaban J connectivity index is 2.32. The van der Waals surface area contributed by atoms with Gasteiger partial charge in [-0.2, -0.15) is 5.10 Å². The standard InChI is InChI=1S/C14H17ClN2/c1-9(2)14-13(10(3)16-17-14)8-11-5-4-6-12(15)7-11/h4-7,9H,8H2,1-3H3,(H,16,17). The molecule has 0 atom stereocenters. The highest BCUT2D eigenvalue weighted by atomic mass is 35.5. The average molecular weight is 249 g/mol. The molecule has 0 spiro atoms. The number of nitrogens with one attached hydrogen (secondary N) is 1. The number of aromatic nitrogens is 2. The third kappa shape index (κ3) is 2.70. The molecule has 90 valence electrons. The van der Waals surface area contributed by atoms with E-state index in [4.69, 9.17) is 11.6 Å². The number of benzene rings is 1. The fourth-order valence-electron chi connectivity index (χ4n) is 2.02. The number of nitrogens with zero attached hydrogens (tertiary/aromatic N) is 1. The van der Waals surface area contributed by atoms with Crippen molar-refractivity contribution >= 4 is 11.6 Å². The Hall–Kier alpha value is -1.28. The summed E-state index contributed by atoms with van der Waals surface area (Å²) in [6.07, 6.45) is 0.885. The molecule has 1 N–H and O–H groups in total. The number of aryl methyl sites for hydroxylation is 1. The SMILES string of the molecule is Cc1[nH]nc(C(C)C)c1Cc1cccc(Cl)c1. The quantitative estimate of drug-likeness (QED) is 0.871. The molecule has 0 amide bonds. The van der Waals surface area contributed by atoms with Crippen LogP contribution in [0.1, 0.15) is 42.3 Å². The second-order valence-electron chi connectivity index (χ2n) is 4.67. The molecular formula is C14H17ClN2. The molecule has 0 aliphatic rings. The zero-order valence-corrected chi connectivity index (χ0v) is 11.2. The normalized spacial score (nSPS) is 11.1. The minimum atomic E-state index is 0.439. The summed E-state index contributed by atoms with van der Waals surface area (Å²) in [5.41, 5.74) is 4.82. The molecule has 2 rings (SSSR count). The molecular weight excluding hydrogens is 232 g/mol. The molecule has 1 heterocycles. The van der Waals surface area contributed by atoms with Gasteiger partial charge in [0.2, 0.25) is 0 Å². The van der Waals surface area contributed by atoms with Crippen LogP contribution in [0.25, 0.3) is 0 Å². The lowest BCUT2D eigenvalue weighted by molar-refractivity contribution is 0.799. The lowest BCUT2D eigenvalue weighted by Crippen LogP contribution is -1.97. The Kier molecular flexibility index (Phi) is 3.53. The van der Waals surface area contributed by atoms with Gasteiger partial charge >= 0.3 is 0 Å². The molecule has 0 radical (unpaired) electrons. The highest BCUT2D eigenvalue weighted by molar-refractivity contribution is 6.30. The van der Waals surface area contributed by atoms with Crippen molar-refractivity contribution in [2.24, 2.45) is 0 Å². The second kappa shape index (κ2) is 4.92. The molecule has 0 saturated carbocycles. The van der Waals surface area contributed by atoms with Crippen molar-refractivity contribution in [2.45, 2.75) is 33.1 Å². The van der Waals surface area contributed by atoms with Gasteiger partial charge in [-0.3, -0.25) is 5.10 Å². The highest BCUT2D eigenvalue weighted by Gasteiger charge is 2.13. The van der Waals surface area contributed by atoms with E-state index in [1.54, 1.807) is 0 Å². The molecule has 0 unspecified atom stereocenters. The van der Waals surface area contributed by atoms with Crippen molar-refractivity contribution in [3.8, 4) is 0 Å². The first-order valence-corrected chi connectivity index (χ1v) is 6.24. The fraction of sp³-hybridized carbons (Fsp3) is 0.357. The van der Waals surface area contributed by atoms with Crippen LogP contribution in [-0.4, -0.2) is 10.2 Å². The zero-order valence-electron chi connectivity index (χ0n) is 10.4. The summed E-state index contributed by atoms with van der Waals surface area (Å²) in [4.78, 5) is 0. The molecule has 1 aromatic carbocycles. The predicted octanol–water partition coefficient (Wildman–Crippen LogP) is 4.09. The predicted molar refractivity (Wildman–Crippen MR) is 71.7 cm³/mol. The summed E-state index contributed by atoms with van der Waals surface area (Å²) in [5, 5.41) is 8.23. The smallest absolute Gasteiger partial charge is 0.0685 e. The van der Waals surface area contributed by atoms with Crippen molar-refractivity contribution in [1.82, 2.24) is 10.2 Å². The Bertz CT molecular complexity index is 515. The van der Waals surface area contributed by atoms with Gasteiger partial charge in [0, 0.05) is 22.7 Å². The number of aromatic amines is 1. The third-order valence-corrected chi connectivity index (χ3v) is 3.16. The van der Waals surface area contributed by atoms with Crippen LogP contribution in [0.4, 0.5) is 0 Å². The van der Waals surface area contributed by atoms with E-state index in [-0.39, 0.29) is 0 Å². The molecule has 17 heavy (non-hydrogen) atoms. The van der Waals surface area contributed by atoms with E-state index >= 15 is 0 Å². The molecule has 0 fully saturated rings. The number of H-pyrrole nitrogens is 1. The Morgan fingerprint density at radius 3 is 2.76 bits per heavy atom. The van der Waals surface area contributed by atoms with Gasteiger partial charge in [0.05, 0.1) is 5.69 Å². The summed E-state index contributed by atoms with van der Waals surface area (Å²) in [6, 6.07) is 8.00. The first kappa shape index (κ1) is 12.2. The van der Waals surface area contributed by atoms with Crippen LogP contribution >= 0.6 is 11.6 Å². The molecule has 2 nitrogen and oxygen atoms in total. The van der Waals surface area contributed by atoms with Crippen molar-refractivity contribution in [3.05, 3.63) is 51.8 Å². The molecule has 1 aromatic heterocycles. The summed E-state index contributed by atoms with van der Waals surface area (Å²) in [6.45, 7) is 6.40. The van der Waals surface area contributed by atoms with Crippen molar-refractivity contribution in [2.75, 3.05) is 0 Å². The maximum atomic E-state index is 6.00. The van der Waals surface area contributed by atoms with Crippen LogP contribution in [0.5, 0.6) is 0 Å². The number of rotatable bonds is 3. The molecule has 0 bridgehead atoms. The maximum absolute atomic E-state index is 6.00. The summed E-state index contributed by atoms with van der Waals surface area (Å²) < 4.78 is 0. The van der Waals surface area contributed by atoms with Gasteiger partial charge in [-0.05, 0) is 30.5 Å².